The quantitative estimate of drug-likeness (QED) is 0.390. The van der Waals surface area contributed by atoms with Crippen molar-refractivity contribution in [1.29, 1.82) is 0 Å². The Balaban J connectivity index is 3.99. The van der Waals surface area contributed by atoms with Crippen molar-refractivity contribution in [2.75, 3.05) is 6.16 Å². The van der Waals surface area contributed by atoms with Crippen molar-refractivity contribution in [3.8, 4) is 0 Å². The van der Waals surface area contributed by atoms with Crippen molar-refractivity contribution in [2.45, 2.75) is 6.92 Å². The van der Waals surface area contributed by atoms with Gasteiger partial charge in [0.25, 0.3) is 0 Å². The van der Waals surface area contributed by atoms with E-state index in [1.165, 1.54) is 13.0 Å². The molecule has 10 heavy (non-hydrogen) atoms. The van der Waals surface area contributed by atoms with E-state index in [4.69, 9.17) is 4.89 Å². The van der Waals surface area contributed by atoms with Crippen LogP contribution in [0.15, 0.2) is 25.0 Å². The first-order valence-electron chi connectivity index (χ1n) is 2.76. The predicted molar refractivity (Wildman–Crippen MR) is 40.8 cm³/mol. The number of allylic oxidation sites excluding steroid dienone is 2. The highest BCUT2D eigenvalue weighted by molar-refractivity contribution is 7.53. The van der Waals surface area contributed by atoms with Gasteiger partial charge in [-0.15, -0.1) is 6.58 Å². The molecule has 0 heterocycles. The van der Waals surface area contributed by atoms with Crippen LogP contribution in [0.4, 0.5) is 0 Å². The Labute approximate surface area is 60.6 Å². The van der Waals surface area contributed by atoms with Crippen molar-refractivity contribution in [3.05, 3.63) is 25.0 Å². The molecule has 0 amide bonds. The fraction of sp³-hybridized carbons (Fsp3) is 0.333. The van der Waals surface area contributed by atoms with Gasteiger partial charge in [0.05, 0.1) is 11.9 Å². The largest absolute Gasteiger partial charge is 0.430 e. The monoisotopic (exact) mass is 162 g/mol. The fourth-order valence-corrected chi connectivity index (χ4v) is 1.33. The Hall–Kier alpha value is -0.530. The summed E-state index contributed by atoms with van der Waals surface area (Å²) in [6.45, 7) is 8.16. The minimum absolute atomic E-state index is 0.0418. The molecule has 0 aliphatic carbocycles. The molecule has 0 aromatic heterocycles. The topological polar surface area (TPSA) is 46.5 Å². The van der Waals surface area contributed by atoms with Crippen LogP contribution in [0.2, 0.25) is 0 Å². The standard InChI is InChI=1S/C6H11O3P/c1-4-5-10(7,8)9-6(2)3/h4H,1-2,5H2,3H3,(H,7,8). The lowest BCUT2D eigenvalue weighted by Gasteiger charge is -2.09. The van der Waals surface area contributed by atoms with Crippen molar-refractivity contribution in [2.24, 2.45) is 0 Å². The molecule has 0 fully saturated rings. The summed E-state index contributed by atoms with van der Waals surface area (Å²) in [5, 5.41) is 0. The fourth-order valence-electron chi connectivity index (χ4n) is 0.444. The zero-order chi connectivity index (χ0) is 8.20. The second-order valence-corrected chi connectivity index (χ2v) is 3.72. The molecule has 1 unspecified atom stereocenters. The molecule has 0 aliphatic heterocycles. The third kappa shape index (κ3) is 4.36. The smallest absolute Gasteiger partial charge is 0.380 e. The molecule has 0 saturated carbocycles. The summed E-state index contributed by atoms with van der Waals surface area (Å²) in [4.78, 5) is 8.89. The third-order valence-electron chi connectivity index (χ3n) is 0.658. The first-order valence-corrected chi connectivity index (χ1v) is 4.52. The minimum Gasteiger partial charge on any atom is -0.430 e. The molecule has 0 aliphatic rings. The SMILES string of the molecule is C=CCP(=O)(O)OC(=C)C. The summed E-state index contributed by atoms with van der Waals surface area (Å²) in [6, 6.07) is 0. The lowest BCUT2D eigenvalue weighted by Crippen LogP contribution is -1.88. The van der Waals surface area contributed by atoms with Gasteiger partial charge in [0.1, 0.15) is 0 Å². The van der Waals surface area contributed by atoms with Gasteiger partial charge in [-0.2, -0.15) is 0 Å². The van der Waals surface area contributed by atoms with E-state index < -0.39 is 7.60 Å². The Morgan fingerprint density at radius 3 is 2.70 bits per heavy atom. The highest BCUT2D eigenvalue weighted by Crippen LogP contribution is 2.43. The lowest BCUT2D eigenvalue weighted by atomic mass is 10.7. The van der Waals surface area contributed by atoms with Crippen LogP contribution in [0.3, 0.4) is 0 Å². The van der Waals surface area contributed by atoms with Gasteiger partial charge in [0.15, 0.2) is 0 Å². The van der Waals surface area contributed by atoms with Gasteiger partial charge in [0.2, 0.25) is 0 Å². The van der Waals surface area contributed by atoms with Crippen molar-refractivity contribution in [3.63, 3.8) is 0 Å². The summed E-state index contributed by atoms with van der Waals surface area (Å²) < 4.78 is 15.3. The first-order chi connectivity index (χ1) is 4.48. The van der Waals surface area contributed by atoms with Crippen molar-refractivity contribution in [1.82, 2.24) is 0 Å². The highest BCUT2D eigenvalue weighted by Gasteiger charge is 2.16. The molecule has 0 aromatic carbocycles. The van der Waals surface area contributed by atoms with Crippen LogP contribution in [0.1, 0.15) is 6.92 Å². The van der Waals surface area contributed by atoms with Crippen LogP contribution in [0.5, 0.6) is 0 Å². The van der Waals surface area contributed by atoms with Crippen molar-refractivity contribution >= 4 is 7.60 Å². The van der Waals surface area contributed by atoms with Gasteiger partial charge in [0, 0.05) is 0 Å². The van der Waals surface area contributed by atoms with E-state index in [0.717, 1.165) is 0 Å². The Morgan fingerprint density at radius 1 is 1.90 bits per heavy atom. The molecule has 0 spiro atoms. The van der Waals surface area contributed by atoms with Crippen LogP contribution in [0.25, 0.3) is 0 Å². The van der Waals surface area contributed by atoms with E-state index in [1.807, 2.05) is 0 Å². The van der Waals surface area contributed by atoms with E-state index >= 15 is 0 Å². The minimum atomic E-state index is -3.47. The summed E-state index contributed by atoms with van der Waals surface area (Å²) in [5.41, 5.74) is 0. The molecular weight excluding hydrogens is 151 g/mol. The summed E-state index contributed by atoms with van der Waals surface area (Å²) in [6.07, 6.45) is 1.30. The maximum absolute atomic E-state index is 10.8. The van der Waals surface area contributed by atoms with E-state index in [9.17, 15) is 4.57 Å². The average molecular weight is 162 g/mol. The van der Waals surface area contributed by atoms with Crippen molar-refractivity contribution < 1.29 is 14.0 Å². The van der Waals surface area contributed by atoms with Crippen LogP contribution in [0, 0.1) is 0 Å². The molecule has 1 atom stereocenters. The third-order valence-corrected chi connectivity index (χ3v) is 1.97. The van der Waals surface area contributed by atoms with E-state index in [1.54, 1.807) is 0 Å². The van der Waals surface area contributed by atoms with Crippen LogP contribution in [-0.4, -0.2) is 11.1 Å². The number of hydrogen-bond donors (Lipinski definition) is 1. The van der Waals surface area contributed by atoms with Gasteiger partial charge >= 0.3 is 7.60 Å². The number of hydrogen-bond acceptors (Lipinski definition) is 2. The second kappa shape index (κ2) is 3.59. The molecule has 0 rings (SSSR count). The van der Waals surface area contributed by atoms with Crippen LogP contribution < -0.4 is 0 Å². The molecule has 0 aromatic rings. The highest BCUT2D eigenvalue weighted by atomic mass is 31.2. The molecule has 58 valence electrons. The molecule has 0 radical (unpaired) electrons. The van der Waals surface area contributed by atoms with Crippen LogP contribution in [-0.2, 0) is 9.09 Å². The predicted octanol–water partition coefficient (Wildman–Crippen LogP) is 1.91. The molecule has 0 bridgehead atoms. The van der Waals surface area contributed by atoms with Gasteiger partial charge in [-0.3, -0.25) is 0 Å². The molecular formula is C6H11O3P. The molecule has 3 nitrogen and oxygen atoms in total. The molecule has 1 N–H and O–H groups in total. The number of rotatable bonds is 4. The van der Waals surface area contributed by atoms with Gasteiger partial charge in [-0.1, -0.05) is 12.7 Å². The Morgan fingerprint density at radius 2 is 2.40 bits per heavy atom. The summed E-state index contributed by atoms with van der Waals surface area (Å²) >= 11 is 0. The zero-order valence-electron chi connectivity index (χ0n) is 5.91. The zero-order valence-corrected chi connectivity index (χ0v) is 6.80. The van der Waals surface area contributed by atoms with E-state index in [0.29, 0.717) is 0 Å². The second-order valence-electron chi connectivity index (χ2n) is 1.90. The van der Waals surface area contributed by atoms with Gasteiger partial charge in [-0.05, 0) is 6.92 Å². The maximum Gasteiger partial charge on any atom is 0.380 e. The maximum atomic E-state index is 10.8. The normalized spacial score (nSPS) is 15.4. The Kier molecular flexibility index (Phi) is 3.40. The summed E-state index contributed by atoms with van der Waals surface area (Å²) in [5.74, 6) is 0.243. The first kappa shape index (κ1) is 9.47. The summed E-state index contributed by atoms with van der Waals surface area (Å²) in [7, 11) is -3.47. The van der Waals surface area contributed by atoms with E-state index in [-0.39, 0.29) is 11.9 Å². The van der Waals surface area contributed by atoms with Gasteiger partial charge in [-0.25, -0.2) is 4.57 Å². The molecule has 0 saturated heterocycles. The lowest BCUT2D eigenvalue weighted by molar-refractivity contribution is 0.329. The van der Waals surface area contributed by atoms with E-state index in [2.05, 4.69) is 17.7 Å². The van der Waals surface area contributed by atoms with Gasteiger partial charge < -0.3 is 9.42 Å². The average Bonchev–Trinajstić information content (AvgIpc) is 1.59. The van der Waals surface area contributed by atoms with Crippen LogP contribution >= 0.6 is 7.60 Å². The Bertz CT molecular complexity index is 185. The molecule has 4 heteroatoms.